The number of ether oxygens (including phenoxy) is 1. The van der Waals surface area contributed by atoms with Gasteiger partial charge in [-0.3, -0.25) is 9.59 Å². The molecule has 3 aromatic rings. The third-order valence-electron chi connectivity index (χ3n) is 5.90. The highest BCUT2D eigenvalue weighted by molar-refractivity contribution is 6.36. The van der Waals surface area contributed by atoms with Gasteiger partial charge in [0.1, 0.15) is 11.2 Å². The summed E-state index contributed by atoms with van der Waals surface area (Å²) >= 11 is 12.2. The molecule has 178 valence electrons. The third kappa shape index (κ3) is 4.33. The number of nitrogens with zero attached hydrogens (tertiary/aromatic N) is 2. The van der Waals surface area contributed by atoms with Crippen LogP contribution >= 0.6 is 23.2 Å². The highest BCUT2D eigenvalue weighted by Gasteiger charge is 2.59. The molecule has 0 radical (unpaired) electrons. The van der Waals surface area contributed by atoms with Gasteiger partial charge in [0.05, 0.1) is 23.2 Å². The third-order valence-corrected chi connectivity index (χ3v) is 6.34. The van der Waals surface area contributed by atoms with Crippen molar-refractivity contribution >= 4 is 40.7 Å². The van der Waals surface area contributed by atoms with Crippen LogP contribution in [0.5, 0.6) is 5.75 Å². The molecule has 0 aliphatic carbocycles. The fourth-order valence-electron chi connectivity index (χ4n) is 4.39. The standard InChI is InChI=1S/C25H15Cl2F3N2O3/c1-14-22(33)32(20-11-18(26)10-19(27)12-20)23(34)24(14,16-4-2-15(13-31)3-5-16)17-6-8-21(9-7-17)35-25(28,29)30/h2-12,14H,1H3/t14?,24-/m0/s1. The van der Waals surface area contributed by atoms with E-state index in [1.165, 1.54) is 42.5 Å². The van der Waals surface area contributed by atoms with E-state index in [0.29, 0.717) is 11.1 Å². The average molecular weight is 519 g/mol. The van der Waals surface area contributed by atoms with Crippen LogP contribution < -0.4 is 9.64 Å². The fraction of sp³-hybridized carbons (Fsp3) is 0.160. The summed E-state index contributed by atoms with van der Waals surface area (Å²) in [5, 5.41) is 9.60. The number of anilines is 1. The number of amides is 2. The number of benzene rings is 3. The largest absolute Gasteiger partial charge is 0.573 e. The van der Waals surface area contributed by atoms with Crippen molar-refractivity contribution < 1.29 is 27.5 Å². The normalized spacial score (nSPS) is 20.1. The molecule has 4 rings (SSSR count). The van der Waals surface area contributed by atoms with Crippen LogP contribution in [0.3, 0.4) is 0 Å². The van der Waals surface area contributed by atoms with Crippen LogP contribution in [0.4, 0.5) is 18.9 Å². The fourth-order valence-corrected chi connectivity index (χ4v) is 4.91. The van der Waals surface area contributed by atoms with Gasteiger partial charge in [-0.1, -0.05) is 54.4 Å². The van der Waals surface area contributed by atoms with Crippen molar-refractivity contribution in [3.8, 4) is 11.8 Å². The van der Waals surface area contributed by atoms with Crippen LogP contribution in [-0.2, 0) is 15.0 Å². The molecule has 3 aromatic carbocycles. The van der Waals surface area contributed by atoms with E-state index in [-0.39, 0.29) is 21.3 Å². The molecule has 1 unspecified atom stereocenters. The van der Waals surface area contributed by atoms with E-state index in [1.807, 2.05) is 6.07 Å². The summed E-state index contributed by atoms with van der Waals surface area (Å²) in [6.45, 7) is 1.56. The summed E-state index contributed by atoms with van der Waals surface area (Å²) in [6.07, 6.45) is -4.89. The Balaban J connectivity index is 1.91. The van der Waals surface area contributed by atoms with Crippen molar-refractivity contribution in [1.82, 2.24) is 0 Å². The lowest BCUT2D eigenvalue weighted by Crippen LogP contribution is -2.41. The number of imide groups is 1. The number of alkyl halides is 3. The van der Waals surface area contributed by atoms with Crippen LogP contribution in [0.1, 0.15) is 23.6 Å². The maximum absolute atomic E-state index is 14.1. The Kier molecular flexibility index (Phi) is 6.26. The quantitative estimate of drug-likeness (QED) is 0.382. The van der Waals surface area contributed by atoms with E-state index < -0.39 is 35.3 Å². The van der Waals surface area contributed by atoms with Gasteiger partial charge in [-0.05, 0) is 53.6 Å². The van der Waals surface area contributed by atoms with Gasteiger partial charge in [0, 0.05) is 10.0 Å². The smallest absolute Gasteiger partial charge is 0.406 e. The number of halogens is 5. The van der Waals surface area contributed by atoms with Crippen molar-refractivity contribution in [3.05, 3.63) is 93.5 Å². The molecule has 35 heavy (non-hydrogen) atoms. The van der Waals surface area contributed by atoms with Gasteiger partial charge in [0.15, 0.2) is 0 Å². The number of rotatable bonds is 4. The van der Waals surface area contributed by atoms with E-state index in [2.05, 4.69) is 4.74 Å². The second kappa shape index (κ2) is 8.91. The molecule has 10 heteroatoms. The van der Waals surface area contributed by atoms with Crippen LogP contribution in [-0.4, -0.2) is 18.2 Å². The SMILES string of the molecule is CC1C(=O)N(c2cc(Cl)cc(Cl)c2)C(=O)[C@@]1(c1ccc(C#N)cc1)c1ccc(OC(F)(F)F)cc1. The van der Waals surface area contributed by atoms with Gasteiger partial charge in [-0.25, -0.2) is 4.90 Å². The number of hydrogen-bond donors (Lipinski definition) is 0. The van der Waals surface area contributed by atoms with Gasteiger partial charge in [0.2, 0.25) is 11.8 Å². The van der Waals surface area contributed by atoms with Crippen molar-refractivity contribution in [2.24, 2.45) is 5.92 Å². The van der Waals surface area contributed by atoms with E-state index in [4.69, 9.17) is 23.2 Å². The Morgan fingerprint density at radius 3 is 1.94 bits per heavy atom. The van der Waals surface area contributed by atoms with Crippen LogP contribution in [0.2, 0.25) is 10.0 Å². The zero-order valence-corrected chi connectivity index (χ0v) is 19.4. The minimum atomic E-state index is -4.89. The van der Waals surface area contributed by atoms with Crippen LogP contribution in [0, 0.1) is 17.2 Å². The Labute approximate surface area is 208 Å². The molecular formula is C25H15Cl2F3N2O3. The molecule has 2 atom stereocenters. The second-order valence-electron chi connectivity index (χ2n) is 7.90. The lowest BCUT2D eigenvalue weighted by Gasteiger charge is -2.31. The molecule has 0 saturated carbocycles. The molecule has 1 fully saturated rings. The summed E-state index contributed by atoms with van der Waals surface area (Å²) in [7, 11) is 0. The molecule has 1 saturated heterocycles. The highest BCUT2D eigenvalue weighted by atomic mass is 35.5. The molecule has 0 N–H and O–H groups in total. The van der Waals surface area contributed by atoms with Crippen molar-refractivity contribution in [2.45, 2.75) is 18.7 Å². The molecule has 5 nitrogen and oxygen atoms in total. The summed E-state index contributed by atoms with van der Waals surface area (Å²) in [5.41, 5.74) is -0.435. The minimum Gasteiger partial charge on any atom is -0.406 e. The van der Waals surface area contributed by atoms with E-state index >= 15 is 0 Å². The van der Waals surface area contributed by atoms with Crippen molar-refractivity contribution in [2.75, 3.05) is 4.90 Å². The van der Waals surface area contributed by atoms with Gasteiger partial charge in [-0.2, -0.15) is 5.26 Å². The zero-order valence-electron chi connectivity index (χ0n) is 17.9. The molecule has 0 spiro atoms. The molecule has 1 aliphatic heterocycles. The van der Waals surface area contributed by atoms with Crippen molar-refractivity contribution in [3.63, 3.8) is 0 Å². The molecule has 0 aromatic heterocycles. The summed E-state index contributed by atoms with van der Waals surface area (Å²) in [5.74, 6) is -2.62. The molecule has 2 amide bonds. The average Bonchev–Trinajstić information content (AvgIpc) is 2.98. The van der Waals surface area contributed by atoms with Gasteiger partial charge >= 0.3 is 6.36 Å². The van der Waals surface area contributed by atoms with Gasteiger partial charge in [0.25, 0.3) is 0 Å². The topological polar surface area (TPSA) is 70.4 Å². The predicted molar refractivity (Wildman–Crippen MR) is 123 cm³/mol. The first-order valence-electron chi connectivity index (χ1n) is 10.2. The maximum Gasteiger partial charge on any atom is 0.573 e. The Hall–Kier alpha value is -3.54. The molecular weight excluding hydrogens is 504 g/mol. The lowest BCUT2D eigenvalue weighted by molar-refractivity contribution is -0.274. The Bertz CT molecular complexity index is 1330. The van der Waals surface area contributed by atoms with E-state index in [0.717, 1.165) is 17.0 Å². The van der Waals surface area contributed by atoms with Crippen LogP contribution in [0.15, 0.2) is 66.7 Å². The Morgan fingerprint density at radius 2 is 1.46 bits per heavy atom. The minimum absolute atomic E-state index is 0.164. The number of carbonyl (C=O) groups is 2. The molecule has 0 bridgehead atoms. The number of nitriles is 1. The van der Waals surface area contributed by atoms with E-state index in [1.54, 1.807) is 19.1 Å². The van der Waals surface area contributed by atoms with Gasteiger partial charge in [-0.15, -0.1) is 13.2 Å². The first-order valence-corrected chi connectivity index (χ1v) is 10.9. The number of carbonyl (C=O) groups excluding carboxylic acids is 2. The highest BCUT2D eigenvalue weighted by Crippen LogP contribution is 2.48. The van der Waals surface area contributed by atoms with Crippen LogP contribution in [0.25, 0.3) is 0 Å². The maximum atomic E-state index is 14.1. The summed E-state index contributed by atoms with van der Waals surface area (Å²) in [6, 6.07) is 17.2. The second-order valence-corrected chi connectivity index (χ2v) is 8.77. The molecule has 1 heterocycles. The molecule has 1 aliphatic rings. The first-order chi connectivity index (χ1) is 16.5. The summed E-state index contributed by atoms with van der Waals surface area (Å²) < 4.78 is 41.9. The van der Waals surface area contributed by atoms with Crippen molar-refractivity contribution in [1.29, 1.82) is 5.26 Å². The number of hydrogen-bond acceptors (Lipinski definition) is 4. The predicted octanol–water partition coefficient (Wildman–Crippen LogP) is 6.26. The monoisotopic (exact) mass is 518 g/mol. The zero-order chi connectivity index (χ0) is 25.5. The van der Waals surface area contributed by atoms with E-state index in [9.17, 15) is 28.0 Å². The van der Waals surface area contributed by atoms with Gasteiger partial charge < -0.3 is 4.74 Å². The summed E-state index contributed by atoms with van der Waals surface area (Å²) in [4.78, 5) is 28.5. The lowest BCUT2D eigenvalue weighted by atomic mass is 9.67. The first kappa shape index (κ1) is 24.6. The Morgan fingerprint density at radius 1 is 0.943 bits per heavy atom.